The second-order valence-corrected chi connectivity index (χ2v) is 2.56. The van der Waals surface area contributed by atoms with Gasteiger partial charge in [0.05, 0.1) is 0 Å². The number of alkyl halides is 2. The molecule has 0 amide bonds. The first kappa shape index (κ1) is 9.86. The molecule has 0 atom stereocenters. The van der Waals surface area contributed by atoms with Gasteiger partial charge in [0.25, 0.3) is 0 Å². The van der Waals surface area contributed by atoms with Crippen molar-refractivity contribution in [3.63, 3.8) is 0 Å². The first-order valence-electron chi connectivity index (χ1n) is 3.79. The van der Waals surface area contributed by atoms with E-state index in [-0.39, 0.29) is 12.8 Å². The van der Waals surface area contributed by atoms with Crippen LogP contribution in [0.3, 0.4) is 0 Å². The van der Waals surface area contributed by atoms with Gasteiger partial charge >= 0.3 is 0 Å². The predicted molar refractivity (Wildman–Crippen MR) is 39.1 cm³/mol. The van der Waals surface area contributed by atoms with Gasteiger partial charge in [0.1, 0.15) is 0 Å². The first-order valence-corrected chi connectivity index (χ1v) is 3.79. The molecule has 0 heterocycles. The maximum Gasteiger partial charge on any atom is 0.248 e. The third-order valence-corrected chi connectivity index (χ3v) is 1.51. The molecule has 0 fully saturated rings. The van der Waals surface area contributed by atoms with Gasteiger partial charge in [0, 0.05) is 12.8 Å². The smallest absolute Gasteiger partial charge is 0.207 e. The summed E-state index contributed by atoms with van der Waals surface area (Å²) in [7, 11) is 0. The van der Waals surface area contributed by atoms with Crippen molar-refractivity contribution in [3.8, 4) is 0 Å². The van der Waals surface area contributed by atoms with E-state index in [1.54, 1.807) is 0 Å². The number of rotatable bonds is 5. The molecule has 0 aliphatic carbocycles. The van der Waals surface area contributed by atoms with E-state index in [0.29, 0.717) is 6.42 Å². The SMILES string of the molecule is [CH2]CC(F)(F)CCCCC. The van der Waals surface area contributed by atoms with Crippen molar-refractivity contribution in [2.24, 2.45) is 0 Å². The molecule has 61 valence electrons. The molecule has 0 aromatic rings. The van der Waals surface area contributed by atoms with Gasteiger partial charge in [-0.2, -0.15) is 0 Å². The van der Waals surface area contributed by atoms with Gasteiger partial charge in [-0.25, -0.2) is 8.78 Å². The van der Waals surface area contributed by atoms with Crippen LogP contribution in [0, 0.1) is 6.92 Å². The molecular weight excluding hydrogens is 134 g/mol. The van der Waals surface area contributed by atoms with Crippen molar-refractivity contribution in [2.75, 3.05) is 0 Å². The minimum Gasteiger partial charge on any atom is -0.207 e. The summed E-state index contributed by atoms with van der Waals surface area (Å²) in [5, 5.41) is 0. The van der Waals surface area contributed by atoms with Crippen LogP contribution in [0.25, 0.3) is 0 Å². The Morgan fingerprint density at radius 3 is 2.30 bits per heavy atom. The summed E-state index contributed by atoms with van der Waals surface area (Å²) in [5.41, 5.74) is 0. The molecule has 0 saturated heterocycles. The van der Waals surface area contributed by atoms with E-state index < -0.39 is 5.92 Å². The predicted octanol–water partition coefficient (Wildman–Crippen LogP) is 3.43. The quantitative estimate of drug-likeness (QED) is 0.525. The molecule has 0 spiro atoms. The van der Waals surface area contributed by atoms with Crippen LogP contribution in [0.1, 0.15) is 39.0 Å². The third kappa shape index (κ3) is 4.71. The Morgan fingerprint density at radius 1 is 1.30 bits per heavy atom. The Morgan fingerprint density at radius 2 is 1.90 bits per heavy atom. The fourth-order valence-corrected chi connectivity index (χ4v) is 0.759. The van der Waals surface area contributed by atoms with Gasteiger partial charge in [0.2, 0.25) is 5.92 Å². The Kier molecular flexibility index (Phi) is 4.58. The zero-order valence-corrected chi connectivity index (χ0v) is 6.50. The largest absolute Gasteiger partial charge is 0.248 e. The molecule has 0 aliphatic heterocycles. The van der Waals surface area contributed by atoms with Crippen LogP contribution in [0.4, 0.5) is 8.78 Å². The van der Waals surface area contributed by atoms with Crippen molar-refractivity contribution < 1.29 is 8.78 Å². The molecule has 0 nitrogen and oxygen atoms in total. The van der Waals surface area contributed by atoms with E-state index in [9.17, 15) is 8.78 Å². The van der Waals surface area contributed by atoms with E-state index in [1.165, 1.54) is 0 Å². The highest BCUT2D eigenvalue weighted by atomic mass is 19.3. The van der Waals surface area contributed by atoms with Gasteiger partial charge < -0.3 is 0 Å². The molecule has 0 aromatic carbocycles. The molecule has 2 heteroatoms. The molecule has 1 radical (unpaired) electrons. The number of unbranched alkanes of at least 4 members (excludes halogenated alkanes) is 2. The number of hydrogen-bond donors (Lipinski definition) is 0. The molecule has 0 N–H and O–H groups in total. The van der Waals surface area contributed by atoms with Crippen molar-refractivity contribution in [2.45, 2.75) is 45.0 Å². The zero-order chi connectivity index (χ0) is 8.04. The minimum atomic E-state index is -2.52. The lowest BCUT2D eigenvalue weighted by Gasteiger charge is -2.12. The zero-order valence-electron chi connectivity index (χ0n) is 6.50. The lowest BCUT2D eigenvalue weighted by Crippen LogP contribution is -2.13. The van der Waals surface area contributed by atoms with Gasteiger partial charge in [-0.3, -0.25) is 0 Å². The summed E-state index contributed by atoms with van der Waals surface area (Å²) in [5.74, 6) is -2.52. The highest BCUT2D eigenvalue weighted by Crippen LogP contribution is 2.24. The van der Waals surface area contributed by atoms with Crippen molar-refractivity contribution >= 4 is 0 Å². The molecule has 0 aromatic heterocycles. The van der Waals surface area contributed by atoms with Crippen LogP contribution in [0.15, 0.2) is 0 Å². The molecule has 0 rings (SSSR count). The van der Waals surface area contributed by atoms with Crippen LogP contribution in [0.5, 0.6) is 0 Å². The monoisotopic (exact) mass is 149 g/mol. The van der Waals surface area contributed by atoms with Crippen molar-refractivity contribution in [1.82, 2.24) is 0 Å². The second kappa shape index (κ2) is 4.64. The molecule has 0 bridgehead atoms. The van der Waals surface area contributed by atoms with Gasteiger partial charge in [0.15, 0.2) is 0 Å². The Labute approximate surface area is 61.6 Å². The summed E-state index contributed by atoms with van der Waals surface area (Å²) >= 11 is 0. The van der Waals surface area contributed by atoms with Crippen LogP contribution in [-0.4, -0.2) is 5.92 Å². The molecular formula is C8H15F2. The Bertz CT molecular complexity index is 79.3. The van der Waals surface area contributed by atoms with Gasteiger partial charge in [-0.15, -0.1) is 0 Å². The van der Waals surface area contributed by atoms with Crippen LogP contribution >= 0.6 is 0 Å². The van der Waals surface area contributed by atoms with Gasteiger partial charge in [-0.05, 0) is 13.3 Å². The Hall–Kier alpha value is -0.140. The first-order chi connectivity index (χ1) is 4.62. The lowest BCUT2D eigenvalue weighted by atomic mass is 10.1. The maximum atomic E-state index is 12.4. The summed E-state index contributed by atoms with van der Waals surface area (Å²) < 4.78 is 24.8. The molecule has 0 aliphatic rings. The topological polar surface area (TPSA) is 0 Å². The fourth-order valence-electron chi connectivity index (χ4n) is 0.759. The normalized spacial score (nSPS) is 12.0. The Balaban J connectivity index is 3.28. The van der Waals surface area contributed by atoms with E-state index in [2.05, 4.69) is 6.92 Å². The summed E-state index contributed by atoms with van der Waals surface area (Å²) in [6.07, 6.45) is 2.25. The van der Waals surface area contributed by atoms with Crippen molar-refractivity contribution in [1.29, 1.82) is 0 Å². The van der Waals surface area contributed by atoms with E-state index in [1.807, 2.05) is 6.92 Å². The number of halogens is 2. The third-order valence-electron chi connectivity index (χ3n) is 1.51. The summed E-state index contributed by atoms with van der Waals surface area (Å²) in [6.45, 7) is 5.19. The maximum absolute atomic E-state index is 12.4. The standard InChI is InChI=1S/C8H15F2/c1-3-5-6-7-8(9,10)4-2/h2-7H2,1H3. The fraction of sp³-hybridized carbons (Fsp3) is 0.875. The number of hydrogen-bond acceptors (Lipinski definition) is 0. The molecule has 10 heavy (non-hydrogen) atoms. The average molecular weight is 149 g/mol. The second-order valence-electron chi connectivity index (χ2n) is 2.56. The summed E-state index contributed by atoms with van der Waals surface area (Å²) in [6, 6.07) is 0. The van der Waals surface area contributed by atoms with Crippen molar-refractivity contribution in [3.05, 3.63) is 6.92 Å². The highest BCUT2D eigenvalue weighted by molar-refractivity contribution is 4.66. The van der Waals surface area contributed by atoms with Crippen LogP contribution < -0.4 is 0 Å². The van der Waals surface area contributed by atoms with Gasteiger partial charge in [-0.1, -0.05) is 19.8 Å². The lowest BCUT2D eigenvalue weighted by molar-refractivity contribution is -0.00741. The summed E-state index contributed by atoms with van der Waals surface area (Å²) in [4.78, 5) is 0. The molecule has 0 unspecified atom stereocenters. The minimum absolute atomic E-state index is 0.00431. The average Bonchev–Trinajstić information content (AvgIpc) is 1.89. The van der Waals surface area contributed by atoms with Crippen LogP contribution in [0.2, 0.25) is 0 Å². The van der Waals surface area contributed by atoms with E-state index >= 15 is 0 Å². The molecule has 0 saturated carbocycles. The highest BCUT2D eigenvalue weighted by Gasteiger charge is 2.24. The van der Waals surface area contributed by atoms with Crippen LogP contribution in [-0.2, 0) is 0 Å². The van der Waals surface area contributed by atoms with E-state index in [4.69, 9.17) is 0 Å². The van der Waals surface area contributed by atoms with E-state index in [0.717, 1.165) is 12.8 Å².